The van der Waals surface area contributed by atoms with Crippen molar-refractivity contribution >= 4 is 18.1 Å². The SMILES string of the molecule is O=C1NC(=O)/C(=C/c2ccccc2)O1. The van der Waals surface area contributed by atoms with Crippen molar-refractivity contribution in [2.45, 2.75) is 0 Å². The third-order valence-electron chi connectivity index (χ3n) is 1.74. The van der Waals surface area contributed by atoms with Crippen LogP contribution in [0.25, 0.3) is 6.08 Å². The largest absolute Gasteiger partial charge is 0.419 e. The average molecular weight is 189 g/mol. The zero-order chi connectivity index (χ0) is 9.97. The second-order valence-electron chi connectivity index (χ2n) is 2.76. The van der Waals surface area contributed by atoms with Crippen LogP contribution in [-0.2, 0) is 9.53 Å². The summed E-state index contributed by atoms with van der Waals surface area (Å²) >= 11 is 0. The highest BCUT2D eigenvalue weighted by atomic mass is 16.6. The van der Waals surface area contributed by atoms with Crippen molar-refractivity contribution in [3.05, 3.63) is 41.7 Å². The fourth-order valence-electron chi connectivity index (χ4n) is 1.12. The van der Waals surface area contributed by atoms with Crippen molar-refractivity contribution in [2.24, 2.45) is 0 Å². The van der Waals surface area contributed by atoms with Crippen LogP contribution in [0.3, 0.4) is 0 Å². The van der Waals surface area contributed by atoms with Gasteiger partial charge in [-0.3, -0.25) is 10.1 Å². The maximum absolute atomic E-state index is 11.1. The molecule has 1 fully saturated rings. The van der Waals surface area contributed by atoms with Gasteiger partial charge in [-0.1, -0.05) is 30.3 Å². The van der Waals surface area contributed by atoms with Crippen LogP contribution < -0.4 is 5.32 Å². The molecule has 4 nitrogen and oxygen atoms in total. The zero-order valence-corrected chi connectivity index (χ0v) is 7.19. The molecule has 0 aromatic heterocycles. The van der Waals surface area contributed by atoms with E-state index in [-0.39, 0.29) is 5.76 Å². The summed E-state index contributed by atoms with van der Waals surface area (Å²) in [6.07, 6.45) is 0.789. The molecule has 1 heterocycles. The Hall–Kier alpha value is -2.10. The van der Waals surface area contributed by atoms with Crippen LogP contribution in [0.5, 0.6) is 0 Å². The second kappa shape index (κ2) is 3.33. The minimum Gasteiger partial charge on any atom is -0.404 e. The molecule has 0 spiro atoms. The molecule has 0 aliphatic carbocycles. The molecular formula is C10H7NO3. The molecule has 0 atom stereocenters. The molecule has 1 aliphatic heterocycles. The highest BCUT2D eigenvalue weighted by Gasteiger charge is 2.25. The molecule has 1 aromatic rings. The molecule has 0 saturated carbocycles. The zero-order valence-electron chi connectivity index (χ0n) is 7.19. The molecule has 70 valence electrons. The van der Waals surface area contributed by atoms with Gasteiger partial charge in [0.25, 0.3) is 5.91 Å². The monoisotopic (exact) mass is 189 g/mol. The van der Waals surface area contributed by atoms with Gasteiger partial charge in [-0.05, 0) is 11.6 Å². The predicted molar refractivity (Wildman–Crippen MR) is 49.0 cm³/mol. The average Bonchev–Trinajstić information content (AvgIpc) is 2.47. The van der Waals surface area contributed by atoms with Gasteiger partial charge in [-0.15, -0.1) is 0 Å². The smallest absolute Gasteiger partial charge is 0.404 e. The summed E-state index contributed by atoms with van der Waals surface area (Å²) in [4.78, 5) is 21.7. The first-order chi connectivity index (χ1) is 6.75. The van der Waals surface area contributed by atoms with Crippen LogP contribution in [0.2, 0.25) is 0 Å². The van der Waals surface area contributed by atoms with Crippen molar-refractivity contribution in [3.63, 3.8) is 0 Å². The third-order valence-corrected chi connectivity index (χ3v) is 1.74. The van der Waals surface area contributed by atoms with Gasteiger partial charge in [0.2, 0.25) is 0 Å². The third kappa shape index (κ3) is 1.64. The number of carbonyl (C=O) groups excluding carboxylic acids is 2. The number of nitrogens with one attached hydrogen (secondary N) is 1. The number of amides is 2. The van der Waals surface area contributed by atoms with Crippen LogP contribution in [-0.4, -0.2) is 12.0 Å². The Morgan fingerprint density at radius 2 is 1.86 bits per heavy atom. The van der Waals surface area contributed by atoms with E-state index in [0.29, 0.717) is 0 Å². The van der Waals surface area contributed by atoms with Crippen molar-refractivity contribution in [3.8, 4) is 0 Å². The molecule has 1 aromatic carbocycles. The lowest BCUT2D eigenvalue weighted by Gasteiger charge is -1.93. The summed E-state index contributed by atoms with van der Waals surface area (Å²) < 4.78 is 4.64. The van der Waals surface area contributed by atoms with E-state index in [4.69, 9.17) is 0 Å². The number of alkyl carbamates (subject to hydrolysis) is 1. The van der Waals surface area contributed by atoms with Gasteiger partial charge in [-0.2, -0.15) is 0 Å². The van der Waals surface area contributed by atoms with E-state index in [1.807, 2.05) is 35.6 Å². The molecule has 2 rings (SSSR count). The summed E-state index contributed by atoms with van der Waals surface area (Å²) in [6, 6.07) is 9.16. The van der Waals surface area contributed by atoms with E-state index in [1.165, 1.54) is 6.08 Å². The minimum absolute atomic E-state index is 0.0289. The topological polar surface area (TPSA) is 55.4 Å². The Balaban J connectivity index is 2.28. The number of imide groups is 1. The van der Waals surface area contributed by atoms with Crippen LogP contribution in [0.1, 0.15) is 5.56 Å². The first kappa shape index (κ1) is 8.50. The second-order valence-corrected chi connectivity index (χ2v) is 2.76. The van der Waals surface area contributed by atoms with Gasteiger partial charge in [0, 0.05) is 0 Å². The van der Waals surface area contributed by atoms with Crippen LogP contribution >= 0.6 is 0 Å². The van der Waals surface area contributed by atoms with E-state index in [9.17, 15) is 9.59 Å². The van der Waals surface area contributed by atoms with Crippen molar-refractivity contribution in [1.82, 2.24) is 5.32 Å². The number of ether oxygens (including phenoxy) is 1. The van der Waals surface area contributed by atoms with Gasteiger partial charge in [0.1, 0.15) is 0 Å². The van der Waals surface area contributed by atoms with Crippen LogP contribution in [0.4, 0.5) is 4.79 Å². The normalized spacial score (nSPS) is 18.1. The first-order valence-electron chi connectivity index (χ1n) is 4.05. The van der Waals surface area contributed by atoms with Gasteiger partial charge < -0.3 is 4.74 Å². The molecule has 2 amide bonds. The maximum Gasteiger partial charge on any atom is 0.419 e. The lowest BCUT2D eigenvalue weighted by Crippen LogP contribution is -2.18. The molecular weight excluding hydrogens is 182 g/mol. The lowest BCUT2D eigenvalue weighted by atomic mass is 10.2. The van der Waals surface area contributed by atoms with Gasteiger partial charge in [-0.25, -0.2) is 4.79 Å². The molecule has 1 aliphatic rings. The van der Waals surface area contributed by atoms with E-state index < -0.39 is 12.0 Å². The Labute approximate surface area is 80.2 Å². The maximum atomic E-state index is 11.1. The van der Waals surface area contributed by atoms with Crippen molar-refractivity contribution in [1.29, 1.82) is 0 Å². The highest BCUT2D eigenvalue weighted by Crippen LogP contribution is 2.11. The molecule has 4 heteroatoms. The molecule has 0 bridgehead atoms. The number of cyclic esters (lactones) is 1. The Kier molecular flexibility index (Phi) is 2.02. The van der Waals surface area contributed by atoms with E-state index in [1.54, 1.807) is 0 Å². The predicted octanol–water partition coefficient (Wildman–Crippen LogP) is 1.29. The Morgan fingerprint density at radius 1 is 1.14 bits per heavy atom. The molecule has 14 heavy (non-hydrogen) atoms. The van der Waals surface area contributed by atoms with Crippen LogP contribution in [0, 0.1) is 0 Å². The fourth-order valence-corrected chi connectivity index (χ4v) is 1.12. The van der Waals surface area contributed by atoms with Crippen molar-refractivity contribution in [2.75, 3.05) is 0 Å². The van der Waals surface area contributed by atoms with Gasteiger partial charge in [0.05, 0.1) is 0 Å². The van der Waals surface area contributed by atoms with E-state index in [0.717, 1.165) is 5.56 Å². The number of rotatable bonds is 1. The first-order valence-corrected chi connectivity index (χ1v) is 4.05. The standard InChI is InChI=1S/C10H7NO3/c12-9-8(14-10(13)11-9)6-7-4-2-1-3-5-7/h1-6H,(H,11,12,13)/b8-6-. The quantitative estimate of drug-likeness (QED) is 0.677. The number of hydrogen-bond donors (Lipinski definition) is 1. The van der Waals surface area contributed by atoms with E-state index >= 15 is 0 Å². The Bertz CT molecular complexity index is 409. The Morgan fingerprint density at radius 3 is 2.43 bits per heavy atom. The minimum atomic E-state index is -0.725. The van der Waals surface area contributed by atoms with Gasteiger partial charge in [0.15, 0.2) is 5.76 Å². The number of hydrogen-bond acceptors (Lipinski definition) is 3. The van der Waals surface area contributed by atoms with Crippen LogP contribution in [0.15, 0.2) is 36.1 Å². The lowest BCUT2D eigenvalue weighted by molar-refractivity contribution is -0.116. The molecule has 1 saturated heterocycles. The summed E-state index contributed by atoms with van der Waals surface area (Å²) in [5, 5.41) is 2.02. The summed E-state index contributed by atoms with van der Waals surface area (Å²) in [5.74, 6) is -0.472. The summed E-state index contributed by atoms with van der Waals surface area (Å²) in [7, 11) is 0. The van der Waals surface area contributed by atoms with Crippen molar-refractivity contribution < 1.29 is 14.3 Å². The molecule has 0 radical (unpaired) electrons. The highest BCUT2D eigenvalue weighted by molar-refractivity contribution is 6.09. The fraction of sp³-hybridized carbons (Fsp3) is 0. The molecule has 1 N–H and O–H groups in total. The van der Waals surface area contributed by atoms with Gasteiger partial charge >= 0.3 is 6.09 Å². The summed E-state index contributed by atoms with van der Waals surface area (Å²) in [6.45, 7) is 0. The summed E-state index contributed by atoms with van der Waals surface area (Å²) in [5.41, 5.74) is 0.812. The number of carbonyl (C=O) groups is 2. The number of benzene rings is 1. The van der Waals surface area contributed by atoms with E-state index in [2.05, 4.69) is 4.74 Å². The molecule has 0 unspecified atom stereocenters.